The fraction of sp³-hybridized carbons (Fsp3) is 0.643. The Morgan fingerprint density at radius 3 is 3.00 bits per heavy atom. The Hall–Kier alpha value is -0.940. The molecule has 0 bridgehead atoms. The standard InChI is InChI=1S/C14H22N2O2S/c1-3-8-15-13(10-19(2,17)18)12-7-6-11-5-4-9-16-14(11)12/h4-5,9,12-13,15H,3,6-8,10H2,1-2H3. The Morgan fingerprint density at radius 1 is 1.53 bits per heavy atom. The van der Waals surface area contributed by atoms with Crippen LogP contribution in [0.25, 0.3) is 0 Å². The molecule has 2 atom stereocenters. The Labute approximate surface area is 115 Å². The van der Waals surface area contributed by atoms with Crippen LogP contribution in [0.2, 0.25) is 0 Å². The molecule has 2 unspecified atom stereocenters. The minimum Gasteiger partial charge on any atom is -0.312 e. The van der Waals surface area contributed by atoms with Crippen molar-refractivity contribution in [2.45, 2.75) is 38.1 Å². The van der Waals surface area contributed by atoms with Gasteiger partial charge in [-0.3, -0.25) is 4.98 Å². The molecule has 0 saturated heterocycles. The fourth-order valence-electron chi connectivity index (χ4n) is 2.81. The first kappa shape index (κ1) is 14.5. The van der Waals surface area contributed by atoms with Gasteiger partial charge in [0.25, 0.3) is 0 Å². The number of hydrogen-bond acceptors (Lipinski definition) is 4. The van der Waals surface area contributed by atoms with Gasteiger partial charge in [-0.25, -0.2) is 8.42 Å². The van der Waals surface area contributed by atoms with Crippen molar-refractivity contribution in [2.75, 3.05) is 18.6 Å². The summed E-state index contributed by atoms with van der Waals surface area (Å²) in [6.45, 7) is 2.93. The first-order chi connectivity index (χ1) is 9.01. The van der Waals surface area contributed by atoms with E-state index in [1.165, 1.54) is 11.8 Å². The molecule has 0 aromatic carbocycles. The maximum Gasteiger partial charge on any atom is 0.149 e. The number of nitrogens with one attached hydrogen (secondary N) is 1. The molecule has 19 heavy (non-hydrogen) atoms. The van der Waals surface area contributed by atoms with Crippen molar-refractivity contribution in [3.63, 3.8) is 0 Å². The second kappa shape index (κ2) is 6.01. The summed E-state index contributed by atoms with van der Waals surface area (Å²) in [5, 5.41) is 3.39. The minimum atomic E-state index is -2.98. The van der Waals surface area contributed by atoms with E-state index in [2.05, 4.69) is 23.3 Å². The van der Waals surface area contributed by atoms with E-state index in [1.807, 2.05) is 6.07 Å². The van der Waals surface area contributed by atoms with Gasteiger partial charge in [-0.15, -0.1) is 0 Å². The average molecular weight is 282 g/mol. The molecule has 5 heteroatoms. The van der Waals surface area contributed by atoms with E-state index < -0.39 is 9.84 Å². The van der Waals surface area contributed by atoms with Gasteiger partial charge in [-0.05, 0) is 37.4 Å². The summed E-state index contributed by atoms with van der Waals surface area (Å²) in [5.74, 6) is 0.408. The van der Waals surface area contributed by atoms with E-state index in [9.17, 15) is 8.42 Å². The van der Waals surface area contributed by atoms with Crippen molar-refractivity contribution < 1.29 is 8.42 Å². The van der Waals surface area contributed by atoms with Crippen LogP contribution in [0.1, 0.15) is 36.9 Å². The quantitative estimate of drug-likeness (QED) is 0.859. The lowest BCUT2D eigenvalue weighted by atomic mass is 9.98. The van der Waals surface area contributed by atoms with Gasteiger partial charge < -0.3 is 5.32 Å². The van der Waals surface area contributed by atoms with E-state index in [-0.39, 0.29) is 17.7 Å². The zero-order chi connectivity index (χ0) is 13.9. The van der Waals surface area contributed by atoms with Gasteiger partial charge in [0.2, 0.25) is 0 Å². The lowest BCUT2D eigenvalue weighted by Crippen LogP contribution is -2.40. The van der Waals surface area contributed by atoms with Gasteiger partial charge in [-0.1, -0.05) is 13.0 Å². The number of aryl methyl sites for hydroxylation is 1. The molecule has 0 radical (unpaired) electrons. The molecule has 1 heterocycles. The summed E-state index contributed by atoms with van der Waals surface area (Å²) in [6.07, 6.45) is 6.10. The van der Waals surface area contributed by atoms with Crippen molar-refractivity contribution in [3.05, 3.63) is 29.6 Å². The first-order valence-electron chi connectivity index (χ1n) is 6.86. The topological polar surface area (TPSA) is 59.1 Å². The summed E-state index contributed by atoms with van der Waals surface area (Å²) >= 11 is 0. The van der Waals surface area contributed by atoms with Crippen LogP contribution < -0.4 is 5.32 Å². The summed E-state index contributed by atoms with van der Waals surface area (Å²) in [4.78, 5) is 4.46. The molecule has 0 saturated carbocycles. The zero-order valence-corrected chi connectivity index (χ0v) is 12.4. The number of hydrogen-bond donors (Lipinski definition) is 1. The van der Waals surface area contributed by atoms with Gasteiger partial charge in [0.1, 0.15) is 9.84 Å². The molecule has 1 N–H and O–H groups in total. The van der Waals surface area contributed by atoms with Gasteiger partial charge >= 0.3 is 0 Å². The number of rotatable bonds is 6. The maximum atomic E-state index is 11.6. The van der Waals surface area contributed by atoms with Crippen molar-refractivity contribution in [2.24, 2.45) is 0 Å². The molecule has 2 rings (SSSR count). The van der Waals surface area contributed by atoms with Crippen LogP contribution in [0, 0.1) is 0 Å². The number of fused-ring (bicyclic) bond motifs is 1. The van der Waals surface area contributed by atoms with Crippen molar-refractivity contribution in [1.29, 1.82) is 0 Å². The third-order valence-electron chi connectivity index (χ3n) is 3.63. The number of aromatic nitrogens is 1. The molecular weight excluding hydrogens is 260 g/mol. The number of pyridine rings is 1. The summed E-state index contributed by atoms with van der Waals surface area (Å²) in [7, 11) is -2.98. The van der Waals surface area contributed by atoms with E-state index >= 15 is 0 Å². The summed E-state index contributed by atoms with van der Waals surface area (Å²) < 4.78 is 23.2. The highest BCUT2D eigenvalue weighted by atomic mass is 32.2. The van der Waals surface area contributed by atoms with Crippen LogP contribution in [-0.4, -0.2) is 38.0 Å². The highest BCUT2D eigenvalue weighted by Gasteiger charge is 2.32. The zero-order valence-electron chi connectivity index (χ0n) is 11.6. The molecule has 0 fully saturated rings. The lowest BCUT2D eigenvalue weighted by molar-refractivity contribution is 0.449. The van der Waals surface area contributed by atoms with Gasteiger partial charge in [0, 0.05) is 30.1 Å². The van der Waals surface area contributed by atoms with Crippen LogP contribution in [0.15, 0.2) is 18.3 Å². The monoisotopic (exact) mass is 282 g/mol. The van der Waals surface area contributed by atoms with E-state index in [4.69, 9.17) is 0 Å². The largest absolute Gasteiger partial charge is 0.312 e. The predicted octanol–water partition coefficient (Wildman–Crippen LogP) is 1.52. The van der Waals surface area contributed by atoms with Crippen molar-refractivity contribution in [3.8, 4) is 0 Å². The first-order valence-corrected chi connectivity index (χ1v) is 8.92. The molecule has 1 aromatic rings. The van der Waals surface area contributed by atoms with Crippen molar-refractivity contribution >= 4 is 9.84 Å². The Balaban J connectivity index is 2.19. The van der Waals surface area contributed by atoms with Gasteiger partial charge in [0.15, 0.2) is 0 Å². The van der Waals surface area contributed by atoms with Crippen LogP contribution in [0.4, 0.5) is 0 Å². The number of sulfone groups is 1. The van der Waals surface area contributed by atoms with E-state index in [0.717, 1.165) is 31.5 Å². The van der Waals surface area contributed by atoms with Crippen LogP contribution in [-0.2, 0) is 16.3 Å². The van der Waals surface area contributed by atoms with Gasteiger partial charge in [0.05, 0.1) is 5.75 Å². The smallest absolute Gasteiger partial charge is 0.149 e. The molecule has 1 aliphatic rings. The molecule has 1 aromatic heterocycles. The lowest BCUT2D eigenvalue weighted by Gasteiger charge is -2.24. The predicted molar refractivity (Wildman–Crippen MR) is 77.1 cm³/mol. The molecule has 0 spiro atoms. The second-order valence-electron chi connectivity index (χ2n) is 5.35. The Morgan fingerprint density at radius 2 is 2.32 bits per heavy atom. The van der Waals surface area contributed by atoms with E-state index in [1.54, 1.807) is 6.20 Å². The normalized spacial score (nSPS) is 20.2. The van der Waals surface area contributed by atoms with Crippen molar-refractivity contribution in [1.82, 2.24) is 10.3 Å². The molecule has 4 nitrogen and oxygen atoms in total. The highest BCUT2D eigenvalue weighted by molar-refractivity contribution is 7.90. The van der Waals surface area contributed by atoms with Gasteiger partial charge in [-0.2, -0.15) is 0 Å². The maximum absolute atomic E-state index is 11.6. The summed E-state index contributed by atoms with van der Waals surface area (Å²) in [6, 6.07) is 4.03. The third kappa shape index (κ3) is 3.76. The number of nitrogens with zero attached hydrogens (tertiary/aromatic N) is 1. The molecule has 0 aliphatic heterocycles. The van der Waals surface area contributed by atoms with Crippen LogP contribution in [0.3, 0.4) is 0 Å². The average Bonchev–Trinajstić information content (AvgIpc) is 2.77. The van der Waals surface area contributed by atoms with Crippen LogP contribution in [0.5, 0.6) is 0 Å². The Bertz CT molecular complexity index is 528. The second-order valence-corrected chi connectivity index (χ2v) is 7.53. The Kier molecular flexibility index (Phi) is 4.58. The van der Waals surface area contributed by atoms with E-state index in [0.29, 0.717) is 0 Å². The molecule has 106 valence electrons. The SMILES string of the molecule is CCCNC(CS(C)(=O)=O)C1CCc2cccnc21. The van der Waals surface area contributed by atoms with Crippen LogP contribution >= 0.6 is 0 Å². The highest BCUT2D eigenvalue weighted by Crippen LogP contribution is 2.34. The molecule has 1 aliphatic carbocycles. The minimum absolute atomic E-state index is 0.0221. The molecule has 0 amide bonds. The molecular formula is C14H22N2O2S. The summed E-state index contributed by atoms with van der Waals surface area (Å²) in [5.41, 5.74) is 2.35. The third-order valence-corrected chi connectivity index (χ3v) is 4.59. The fourth-order valence-corrected chi connectivity index (χ4v) is 3.81.